The number of piperidine rings is 1. The van der Waals surface area contributed by atoms with Gasteiger partial charge < -0.3 is 10.1 Å². The van der Waals surface area contributed by atoms with E-state index >= 15 is 0 Å². The molecule has 32 heavy (non-hydrogen) atoms. The molecule has 2 fully saturated rings. The van der Waals surface area contributed by atoms with Crippen LogP contribution in [0.1, 0.15) is 60.5 Å². The highest BCUT2D eigenvalue weighted by atomic mass is 16.8. The molecule has 3 heterocycles. The van der Waals surface area contributed by atoms with Crippen molar-refractivity contribution in [2.75, 3.05) is 26.2 Å². The summed E-state index contributed by atoms with van der Waals surface area (Å²) < 4.78 is 4.62. The number of nitrogens with zero attached hydrogens (tertiary/aromatic N) is 4. The standard InChI is InChI=1S/C25H30N4O3/c1-18(2)20-6-4-19(5-7-20)15-27-12-3-10-25(16-27)11-13-28(17-25)24(30)21-8-9-23-22(14-21)26-32-29(23)31/h4-9,14,18H,3,10-13,15-17H2,1-2H3/t25-/m0/s1. The average molecular weight is 435 g/mol. The van der Waals surface area contributed by atoms with Crippen LogP contribution in [0.25, 0.3) is 11.0 Å². The molecule has 5 rings (SSSR count). The van der Waals surface area contributed by atoms with Crippen LogP contribution in [0.5, 0.6) is 0 Å². The highest BCUT2D eigenvalue weighted by Crippen LogP contribution is 2.40. The number of carbonyl (C=O) groups is 1. The van der Waals surface area contributed by atoms with Gasteiger partial charge in [-0.25, -0.2) is 0 Å². The van der Waals surface area contributed by atoms with Crippen molar-refractivity contribution in [3.63, 3.8) is 0 Å². The summed E-state index contributed by atoms with van der Waals surface area (Å²) in [7, 11) is 0. The Kier molecular flexibility index (Phi) is 5.37. The van der Waals surface area contributed by atoms with Crippen LogP contribution in [0.3, 0.4) is 0 Å². The predicted molar refractivity (Wildman–Crippen MR) is 121 cm³/mol. The van der Waals surface area contributed by atoms with Gasteiger partial charge in [0.05, 0.1) is 0 Å². The lowest BCUT2D eigenvalue weighted by atomic mass is 9.79. The number of hydrogen-bond donors (Lipinski definition) is 0. The monoisotopic (exact) mass is 434 g/mol. The maximum absolute atomic E-state index is 13.2. The fourth-order valence-corrected chi connectivity index (χ4v) is 5.34. The van der Waals surface area contributed by atoms with E-state index in [-0.39, 0.29) is 11.3 Å². The summed E-state index contributed by atoms with van der Waals surface area (Å²) in [5, 5.41) is 15.2. The Morgan fingerprint density at radius 1 is 1.16 bits per heavy atom. The zero-order valence-electron chi connectivity index (χ0n) is 18.8. The van der Waals surface area contributed by atoms with Crippen LogP contribution in [0, 0.1) is 10.6 Å². The molecule has 1 aromatic heterocycles. The van der Waals surface area contributed by atoms with Crippen LogP contribution in [0.15, 0.2) is 47.1 Å². The minimum Gasteiger partial charge on any atom is -0.359 e. The fourth-order valence-electron chi connectivity index (χ4n) is 5.34. The lowest BCUT2D eigenvalue weighted by Gasteiger charge is -2.40. The number of likely N-dealkylation sites (tertiary alicyclic amines) is 2. The maximum Gasteiger partial charge on any atom is 0.254 e. The molecule has 1 spiro atoms. The van der Waals surface area contributed by atoms with Crippen molar-refractivity contribution in [1.82, 2.24) is 15.0 Å². The number of hydrogen-bond acceptors (Lipinski definition) is 5. The highest BCUT2D eigenvalue weighted by molar-refractivity contribution is 5.97. The van der Waals surface area contributed by atoms with Gasteiger partial charge in [-0.15, -0.1) is 0 Å². The topological polar surface area (TPSA) is 76.5 Å². The first kappa shape index (κ1) is 20.9. The molecular weight excluding hydrogens is 404 g/mol. The molecule has 0 bridgehead atoms. The summed E-state index contributed by atoms with van der Waals surface area (Å²) in [6.07, 6.45) is 3.37. The molecule has 2 aliphatic rings. The smallest absolute Gasteiger partial charge is 0.254 e. The third-order valence-electron chi connectivity index (χ3n) is 7.15. The number of benzene rings is 2. The summed E-state index contributed by atoms with van der Waals surface area (Å²) in [5.41, 5.74) is 4.20. The first-order valence-electron chi connectivity index (χ1n) is 11.5. The Balaban J connectivity index is 1.25. The van der Waals surface area contributed by atoms with E-state index in [1.165, 1.54) is 17.5 Å². The SMILES string of the molecule is CC(C)c1ccc(CN2CCC[C@]3(CCN(C(=O)c4ccc5c(c4)no[n+]5[O-])C3)C2)cc1. The summed E-state index contributed by atoms with van der Waals surface area (Å²) >= 11 is 0. The number of aromatic nitrogens is 2. The first-order valence-corrected chi connectivity index (χ1v) is 11.5. The van der Waals surface area contributed by atoms with Crippen LogP contribution in [0.2, 0.25) is 0 Å². The number of rotatable bonds is 4. The van der Waals surface area contributed by atoms with Crippen molar-refractivity contribution in [1.29, 1.82) is 0 Å². The van der Waals surface area contributed by atoms with E-state index in [4.69, 9.17) is 0 Å². The van der Waals surface area contributed by atoms with Gasteiger partial charge in [-0.3, -0.25) is 14.3 Å². The van der Waals surface area contributed by atoms with Gasteiger partial charge in [0, 0.05) is 48.4 Å². The quantitative estimate of drug-likeness (QED) is 0.585. The predicted octanol–water partition coefficient (Wildman–Crippen LogP) is 3.71. The molecule has 2 aromatic carbocycles. The number of amides is 1. The van der Waals surface area contributed by atoms with Gasteiger partial charge in [-0.1, -0.05) is 38.1 Å². The second kappa shape index (κ2) is 8.20. The lowest BCUT2D eigenvalue weighted by Crippen LogP contribution is -2.45. The van der Waals surface area contributed by atoms with Crippen LogP contribution in [-0.2, 0) is 6.54 Å². The summed E-state index contributed by atoms with van der Waals surface area (Å²) in [6.45, 7) is 9.11. The normalized spacial score (nSPS) is 21.8. The van der Waals surface area contributed by atoms with E-state index in [0.29, 0.717) is 27.4 Å². The van der Waals surface area contributed by atoms with Gasteiger partial charge in [-0.05, 0) is 59.9 Å². The average Bonchev–Trinajstić information content (AvgIpc) is 3.37. The van der Waals surface area contributed by atoms with Crippen LogP contribution >= 0.6 is 0 Å². The molecule has 2 aliphatic heterocycles. The largest absolute Gasteiger partial charge is 0.359 e. The molecular formula is C25H30N4O3. The highest BCUT2D eigenvalue weighted by Gasteiger charge is 2.43. The van der Waals surface area contributed by atoms with Crippen LogP contribution in [-0.4, -0.2) is 47.0 Å². The van der Waals surface area contributed by atoms with E-state index in [1.54, 1.807) is 18.2 Å². The Labute approximate surface area is 188 Å². The fraction of sp³-hybridized carbons (Fsp3) is 0.480. The number of fused-ring (bicyclic) bond motifs is 1. The van der Waals surface area contributed by atoms with Crippen molar-refractivity contribution in [3.05, 3.63) is 64.4 Å². The van der Waals surface area contributed by atoms with Crippen molar-refractivity contribution < 1.29 is 14.3 Å². The molecule has 7 heteroatoms. The van der Waals surface area contributed by atoms with Crippen molar-refractivity contribution >= 4 is 16.9 Å². The van der Waals surface area contributed by atoms with Gasteiger partial charge >= 0.3 is 0 Å². The molecule has 0 unspecified atom stereocenters. The van der Waals surface area contributed by atoms with E-state index < -0.39 is 0 Å². The van der Waals surface area contributed by atoms with Crippen molar-refractivity contribution in [2.45, 2.75) is 45.6 Å². The van der Waals surface area contributed by atoms with E-state index in [1.807, 2.05) is 4.90 Å². The molecule has 0 saturated carbocycles. The molecule has 0 N–H and O–H groups in total. The molecule has 1 atom stereocenters. The second-order valence-corrected chi connectivity index (χ2v) is 9.82. The summed E-state index contributed by atoms with van der Waals surface area (Å²) in [4.78, 5) is 18.0. The van der Waals surface area contributed by atoms with Gasteiger partial charge in [-0.2, -0.15) is 0 Å². The minimum absolute atomic E-state index is 0.00521. The maximum atomic E-state index is 13.2. The Morgan fingerprint density at radius 2 is 1.97 bits per heavy atom. The Bertz CT molecular complexity index is 1120. The zero-order chi connectivity index (χ0) is 22.3. The van der Waals surface area contributed by atoms with Crippen molar-refractivity contribution in [2.24, 2.45) is 5.41 Å². The molecule has 7 nitrogen and oxygen atoms in total. The molecule has 3 aromatic rings. The lowest BCUT2D eigenvalue weighted by molar-refractivity contribution is -0.782. The summed E-state index contributed by atoms with van der Waals surface area (Å²) in [5.74, 6) is 0.557. The number of carbonyl (C=O) groups excluding carboxylic acids is 1. The van der Waals surface area contributed by atoms with Crippen LogP contribution in [0.4, 0.5) is 0 Å². The molecule has 0 radical (unpaired) electrons. The Morgan fingerprint density at radius 3 is 2.75 bits per heavy atom. The van der Waals surface area contributed by atoms with Gasteiger partial charge in [0.15, 0.2) is 0 Å². The Hall–Kier alpha value is -2.93. The molecule has 0 aliphatic carbocycles. The van der Waals surface area contributed by atoms with Crippen molar-refractivity contribution in [3.8, 4) is 0 Å². The van der Waals surface area contributed by atoms with E-state index in [9.17, 15) is 10.0 Å². The zero-order valence-corrected chi connectivity index (χ0v) is 18.8. The van der Waals surface area contributed by atoms with Gasteiger partial charge in [0.2, 0.25) is 11.0 Å². The van der Waals surface area contributed by atoms with Gasteiger partial charge in [0.25, 0.3) is 5.91 Å². The molecule has 1 amide bonds. The summed E-state index contributed by atoms with van der Waals surface area (Å²) in [6, 6.07) is 13.9. The third kappa shape index (κ3) is 3.97. The third-order valence-corrected chi connectivity index (χ3v) is 7.15. The minimum atomic E-state index is 0.00521. The van der Waals surface area contributed by atoms with Gasteiger partial charge in [0.1, 0.15) is 0 Å². The first-order chi connectivity index (χ1) is 15.4. The molecule has 168 valence electrons. The van der Waals surface area contributed by atoms with Crippen LogP contribution < -0.4 is 4.90 Å². The van der Waals surface area contributed by atoms with E-state index in [2.05, 4.69) is 52.8 Å². The molecule has 2 saturated heterocycles. The van der Waals surface area contributed by atoms with E-state index in [0.717, 1.165) is 45.6 Å². The second-order valence-electron chi connectivity index (χ2n) is 9.82.